The van der Waals surface area contributed by atoms with E-state index in [1.54, 1.807) is 60.5 Å². The Bertz CT molecular complexity index is 1620. The van der Waals surface area contributed by atoms with Gasteiger partial charge in [0.25, 0.3) is 11.6 Å². The Kier molecular flexibility index (Phi) is 6.05. The molecular weight excluding hydrogens is 482 g/mol. The minimum Gasteiger partial charge on any atom is -0.457 e. The number of para-hydroxylation sites is 1. The Morgan fingerprint density at radius 3 is 2.56 bits per heavy atom. The van der Waals surface area contributed by atoms with E-state index in [2.05, 4.69) is 15.4 Å². The quantitative estimate of drug-likeness (QED) is 0.218. The van der Waals surface area contributed by atoms with Gasteiger partial charge in [-0.1, -0.05) is 29.8 Å². The number of benzene rings is 3. The molecule has 0 saturated carbocycles. The lowest BCUT2D eigenvalue weighted by Gasteiger charge is -2.12. The third-order valence-electron chi connectivity index (χ3n) is 5.37. The molecule has 0 fully saturated rings. The van der Waals surface area contributed by atoms with Gasteiger partial charge in [-0.05, 0) is 36.4 Å². The number of aryl methyl sites for hydroxylation is 1. The van der Waals surface area contributed by atoms with Crippen LogP contribution in [0.15, 0.2) is 85.2 Å². The van der Waals surface area contributed by atoms with Crippen molar-refractivity contribution < 1.29 is 14.5 Å². The number of pyridine rings is 1. The van der Waals surface area contributed by atoms with Gasteiger partial charge in [-0.15, -0.1) is 0 Å². The van der Waals surface area contributed by atoms with Crippen LogP contribution >= 0.6 is 11.6 Å². The standard InChI is InChI=1S/C26H18ClN5O4/c1-31-15-16(14-28-31)25-13-23(22-4-2-3-5-24(22)30-25)26(33)29-18-10-19(32(34)35)12-21(11-18)36-20-8-6-17(27)7-9-20/h2-15H,1H3,(H,29,33). The van der Waals surface area contributed by atoms with Gasteiger partial charge < -0.3 is 10.1 Å². The SMILES string of the molecule is Cn1cc(-c2cc(C(=O)Nc3cc(Oc4ccc(Cl)cc4)cc([N+](=O)[O-])c3)c3ccccc3n2)cn1. The molecule has 1 N–H and O–H groups in total. The molecule has 0 spiro atoms. The highest BCUT2D eigenvalue weighted by molar-refractivity contribution is 6.30. The molecule has 0 unspecified atom stereocenters. The summed E-state index contributed by atoms with van der Waals surface area (Å²) in [6.45, 7) is 0. The number of halogens is 1. The zero-order chi connectivity index (χ0) is 25.2. The number of nitro benzene ring substituents is 1. The van der Waals surface area contributed by atoms with Crippen LogP contribution in [0.25, 0.3) is 22.2 Å². The topological polar surface area (TPSA) is 112 Å². The van der Waals surface area contributed by atoms with Gasteiger partial charge in [0.1, 0.15) is 11.5 Å². The van der Waals surface area contributed by atoms with Gasteiger partial charge in [-0.25, -0.2) is 4.98 Å². The average Bonchev–Trinajstić information content (AvgIpc) is 3.31. The Morgan fingerprint density at radius 1 is 1.06 bits per heavy atom. The maximum Gasteiger partial charge on any atom is 0.275 e. The van der Waals surface area contributed by atoms with E-state index < -0.39 is 10.8 Å². The van der Waals surface area contributed by atoms with Crippen LogP contribution in [0.4, 0.5) is 11.4 Å². The summed E-state index contributed by atoms with van der Waals surface area (Å²) in [5.74, 6) is 0.188. The van der Waals surface area contributed by atoms with Crippen LogP contribution in [0, 0.1) is 10.1 Å². The summed E-state index contributed by atoms with van der Waals surface area (Å²) in [7, 11) is 1.80. The second-order valence-electron chi connectivity index (χ2n) is 7.96. The predicted molar refractivity (Wildman–Crippen MR) is 137 cm³/mol. The number of nitrogens with one attached hydrogen (secondary N) is 1. The Hall–Kier alpha value is -4.76. The molecule has 5 rings (SSSR count). The van der Waals surface area contributed by atoms with Crippen LogP contribution in [-0.4, -0.2) is 25.6 Å². The number of anilines is 1. The van der Waals surface area contributed by atoms with Gasteiger partial charge in [0, 0.05) is 41.3 Å². The molecule has 0 atom stereocenters. The zero-order valence-corrected chi connectivity index (χ0v) is 19.6. The van der Waals surface area contributed by atoms with Gasteiger partial charge >= 0.3 is 0 Å². The second-order valence-corrected chi connectivity index (χ2v) is 8.39. The molecule has 0 bridgehead atoms. The maximum atomic E-state index is 13.4. The van der Waals surface area contributed by atoms with E-state index in [9.17, 15) is 14.9 Å². The second kappa shape index (κ2) is 9.47. The normalized spacial score (nSPS) is 10.8. The minimum atomic E-state index is -0.549. The summed E-state index contributed by atoms with van der Waals surface area (Å²) in [5, 5.41) is 19.7. The van der Waals surface area contributed by atoms with E-state index in [1.807, 2.05) is 18.2 Å². The van der Waals surface area contributed by atoms with E-state index in [0.29, 0.717) is 32.9 Å². The van der Waals surface area contributed by atoms with Crippen molar-refractivity contribution in [1.29, 1.82) is 0 Å². The number of nitro groups is 1. The molecular formula is C26H18ClN5O4. The third-order valence-corrected chi connectivity index (χ3v) is 5.62. The maximum absolute atomic E-state index is 13.4. The summed E-state index contributed by atoms with van der Waals surface area (Å²) in [6, 6.07) is 19.6. The lowest BCUT2D eigenvalue weighted by molar-refractivity contribution is -0.384. The van der Waals surface area contributed by atoms with Crippen LogP contribution in [0.3, 0.4) is 0 Å². The fraction of sp³-hybridized carbons (Fsp3) is 0.0385. The first kappa shape index (κ1) is 23.0. The van der Waals surface area contributed by atoms with E-state index in [0.717, 1.165) is 5.56 Å². The highest BCUT2D eigenvalue weighted by Crippen LogP contribution is 2.31. The van der Waals surface area contributed by atoms with Crippen molar-refractivity contribution in [3.63, 3.8) is 0 Å². The molecule has 10 heteroatoms. The summed E-state index contributed by atoms with van der Waals surface area (Å²) in [5.41, 5.74) is 2.32. The number of hydrogen-bond donors (Lipinski definition) is 1. The van der Waals surface area contributed by atoms with E-state index in [-0.39, 0.29) is 17.1 Å². The van der Waals surface area contributed by atoms with E-state index in [4.69, 9.17) is 16.3 Å². The van der Waals surface area contributed by atoms with Gasteiger partial charge in [-0.2, -0.15) is 5.10 Å². The van der Waals surface area contributed by atoms with Crippen molar-refractivity contribution in [2.45, 2.75) is 0 Å². The number of hydrogen-bond acceptors (Lipinski definition) is 6. The molecule has 2 heterocycles. The number of carbonyl (C=O) groups is 1. The van der Waals surface area contributed by atoms with Crippen molar-refractivity contribution in [3.05, 3.63) is 106 Å². The summed E-state index contributed by atoms with van der Waals surface area (Å²) in [6.07, 6.45) is 3.47. The van der Waals surface area contributed by atoms with Crippen molar-refractivity contribution in [1.82, 2.24) is 14.8 Å². The van der Waals surface area contributed by atoms with Crippen LogP contribution in [0.1, 0.15) is 10.4 Å². The smallest absolute Gasteiger partial charge is 0.275 e. The van der Waals surface area contributed by atoms with E-state index in [1.165, 1.54) is 18.2 Å². The van der Waals surface area contributed by atoms with Crippen LogP contribution in [0.2, 0.25) is 5.02 Å². The molecule has 0 aliphatic heterocycles. The summed E-state index contributed by atoms with van der Waals surface area (Å²) < 4.78 is 7.42. The number of nitrogens with zero attached hydrogens (tertiary/aromatic N) is 4. The Labute approximate surface area is 210 Å². The molecule has 9 nitrogen and oxygen atoms in total. The molecule has 3 aromatic carbocycles. The fourth-order valence-electron chi connectivity index (χ4n) is 3.72. The molecule has 0 aliphatic carbocycles. The highest BCUT2D eigenvalue weighted by atomic mass is 35.5. The van der Waals surface area contributed by atoms with Crippen molar-refractivity contribution in [3.8, 4) is 22.8 Å². The molecule has 2 aromatic heterocycles. The average molecular weight is 500 g/mol. The monoisotopic (exact) mass is 499 g/mol. The number of rotatable bonds is 6. The Morgan fingerprint density at radius 2 is 1.83 bits per heavy atom. The molecule has 0 radical (unpaired) electrons. The van der Waals surface area contributed by atoms with Crippen LogP contribution in [-0.2, 0) is 7.05 Å². The molecule has 0 aliphatic rings. The lowest BCUT2D eigenvalue weighted by Crippen LogP contribution is -2.13. The van der Waals surface area contributed by atoms with Gasteiger partial charge in [0.15, 0.2) is 0 Å². The van der Waals surface area contributed by atoms with Crippen molar-refractivity contribution >= 4 is 39.8 Å². The largest absolute Gasteiger partial charge is 0.457 e. The molecule has 0 saturated heterocycles. The first-order valence-corrected chi connectivity index (χ1v) is 11.2. The van der Waals surface area contributed by atoms with Gasteiger partial charge in [0.2, 0.25) is 0 Å². The summed E-state index contributed by atoms with van der Waals surface area (Å²) in [4.78, 5) is 29.1. The number of non-ortho nitro benzene ring substituents is 1. The zero-order valence-electron chi connectivity index (χ0n) is 18.9. The Balaban J connectivity index is 1.51. The van der Waals surface area contributed by atoms with E-state index >= 15 is 0 Å². The number of ether oxygens (including phenoxy) is 1. The number of fused-ring (bicyclic) bond motifs is 1. The molecule has 178 valence electrons. The fourth-order valence-corrected chi connectivity index (χ4v) is 3.85. The summed E-state index contributed by atoms with van der Waals surface area (Å²) >= 11 is 5.91. The van der Waals surface area contributed by atoms with Crippen molar-refractivity contribution in [2.24, 2.45) is 7.05 Å². The molecule has 1 amide bonds. The first-order chi connectivity index (χ1) is 17.4. The van der Waals surface area contributed by atoms with Gasteiger partial charge in [0.05, 0.1) is 39.6 Å². The lowest BCUT2D eigenvalue weighted by atomic mass is 10.0. The van der Waals surface area contributed by atoms with Crippen LogP contribution in [0.5, 0.6) is 11.5 Å². The number of carbonyl (C=O) groups excluding carboxylic acids is 1. The third kappa shape index (κ3) is 4.86. The highest BCUT2D eigenvalue weighted by Gasteiger charge is 2.18. The molecule has 5 aromatic rings. The van der Waals surface area contributed by atoms with Crippen LogP contribution < -0.4 is 10.1 Å². The first-order valence-electron chi connectivity index (χ1n) is 10.8. The minimum absolute atomic E-state index is 0.192. The number of aromatic nitrogens is 3. The predicted octanol–water partition coefficient (Wildman–Crippen LogP) is 6.24. The molecule has 36 heavy (non-hydrogen) atoms. The van der Waals surface area contributed by atoms with Gasteiger partial charge in [-0.3, -0.25) is 19.6 Å². The van der Waals surface area contributed by atoms with Crippen molar-refractivity contribution in [2.75, 3.05) is 5.32 Å². The number of amides is 1.